The summed E-state index contributed by atoms with van der Waals surface area (Å²) in [5.74, 6) is 1.97. The molecule has 1 aromatic heterocycles. The Hall–Kier alpha value is -0.610. The molecule has 1 heterocycles. The van der Waals surface area contributed by atoms with Crippen molar-refractivity contribution < 1.29 is 9.26 Å². The molecule has 0 aliphatic rings. The Bertz CT molecular complexity index is 265. The number of hydrogen-bond acceptors (Lipinski definition) is 4. The van der Waals surface area contributed by atoms with Crippen LogP contribution >= 0.6 is 11.6 Å². The van der Waals surface area contributed by atoms with Gasteiger partial charge >= 0.3 is 0 Å². The lowest BCUT2D eigenvalue weighted by Gasteiger charge is -2.03. The fraction of sp³-hybridized carbons (Fsp3) is 0.778. The van der Waals surface area contributed by atoms with Gasteiger partial charge in [0.05, 0.1) is 6.10 Å². The van der Waals surface area contributed by atoms with Crippen LogP contribution in [0.1, 0.15) is 25.1 Å². The highest BCUT2D eigenvalue weighted by molar-refractivity contribution is 6.17. The minimum atomic E-state index is 0.119. The van der Waals surface area contributed by atoms with Crippen LogP contribution in [0.4, 0.5) is 0 Å². The van der Waals surface area contributed by atoms with Crippen LogP contribution < -0.4 is 0 Å². The molecule has 1 unspecified atom stereocenters. The molecule has 0 bridgehead atoms. The maximum atomic E-state index is 5.56. The molecule has 1 atom stereocenters. The number of aryl methyl sites for hydroxylation is 1. The Morgan fingerprint density at radius 1 is 1.57 bits per heavy atom. The average molecular weight is 219 g/mol. The van der Waals surface area contributed by atoms with Gasteiger partial charge in [-0.1, -0.05) is 5.16 Å². The zero-order valence-corrected chi connectivity index (χ0v) is 9.25. The van der Waals surface area contributed by atoms with Gasteiger partial charge in [-0.15, -0.1) is 11.6 Å². The van der Waals surface area contributed by atoms with Crippen LogP contribution in [0.5, 0.6) is 0 Å². The first kappa shape index (κ1) is 11.5. The summed E-state index contributed by atoms with van der Waals surface area (Å²) in [5, 5.41) is 3.85. The topological polar surface area (TPSA) is 48.2 Å². The molecule has 0 N–H and O–H groups in total. The first-order valence-electron chi connectivity index (χ1n) is 4.66. The molecule has 0 aromatic carbocycles. The third-order valence-corrected chi connectivity index (χ3v) is 2.17. The van der Waals surface area contributed by atoms with Crippen molar-refractivity contribution in [1.29, 1.82) is 0 Å². The van der Waals surface area contributed by atoms with Crippen molar-refractivity contribution in [3.8, 4) is 0 Å². The number of rotatable bonds is 6. The summed E-state index contributed by atoms with van der Waals surface area (Å²) in [4.78, 5) is 4.22. The Morgan fingerprint density at radius 3 is 3.00 bits per heavy atom. The minimum Gasteiger partial charge on any atom is -0.381 e. The molecule has 14 heavy (non-hydrogen) atoms. The van der Waals surface area contributed by atoms with Gasteiger partial charge in [-0.3, -0.25) is 0 Å². The third kappa shape index (κ3) is 3.64. The highest BCUT2D eigenvalue weighted by Gasteiger charge is 2.09. The molecule has 1 rings (SSSR count). The Morgan fingerprint density at radius 2 is 2.36 bits per heavy atom. The third-order valence-electron chi connectivity index (χ3n) is 1.91. The van der Waals surface area contributed by atoms with Crippen LogP contribution in [0.2, 0.25) is 0 Å². The van der Waals surface area contributed by atoms with E-state index in [2.05, 4.69) is 10.1 Å². The second-order valence-electron chi connectivity index (χ2n) is 3.15. The Labute approximate surface area is 88.6 Å². The van der Waals surface area contributed by atoms with E-state index in [1.54, 1.807) is 7.11 Å². The normalized spacial score (nSPS) is 13.1. The molecule has 1 aromatic rings. The van der Waals surface area contributed by atoms with Gasteiger partial charge in [-0.05, 0) is 13.3 Å². The highest BCUT2D eigenvalue weighted by Crippen LogP contribution is 2.04. The zero-order chi connectivity index (χ0) is 10.4. The summed E-state index contributed by atoms with van der Waals surface area (Å²) < 4.78 is 10.1. The van der Waals surface area contributed by atoms with Crippen molar-refractivity contribution in [2.24, 2.45) is 0 Å². The van der Waals surface area contributed by atoms with Gasteiger partial charge in [0, 0.05) is 25.8 Å². The van der Waals surface area contributed by atoms with E-state index in [-0.39, 0.29) is 6.10 Å². The Balaban J connectivity index is 2.42. The van der Waals surface area contributed by atoms with Crippen LogP contribution in [0.25, 0.3) is 0 Å². The monoisotopic (exact) mass is 218 g/mol. The molecule has 0 radical (unpaired) electrons. The smallest absolute Gasteiger partial charge is 0.226 e. The lowest BCUT2D eigenvalue weighted by Crippen LogP contribution is -2.09. The van der Waals surface area contributed by atoms with E-state index in [0.29, 0.717) is 24.0 Å². The van der Waals surface area contributed by atoms with Gasteiger partial charge in [-0.2, -0.15) is 4.98 Å². The average Bonchev–Trinajstić information content (AvgIpc) is 2.62. The zero-order valence-electron chi connectivity index (χ0n) is 8.49. The van der Waals surface area contributed by atoms with Crippen LogP contribution in [0, 0.1) is 0 Å². The molecule has 0 fully saturated rings. The molecule has 0 spiro atoms. The summed E-state index contributed by atoms with van der Waals surface area (Å²) in [7, 11) is 1.67. The highest BCUT2D eigenvalue weighted by atomic mass is 35.5. The van der Waals surface area contributed by atoms with Crippen molar-refractivity contribution in [3.05, 3.63) is 11.7 Å². The molecule has 5 heteroatoms. The maximum Gasteiger partial charge on any atom is 0.226 e. The summed E-state index contributed by atoms with van der Waals surface area (Å²) in [6, 6.07) is 0. The summed E-state index contributed by atoms with van der Waals surface area (Å²) in [5.41, 5.74) is 0. The minimum absolute atomic E-state index is 0.119. The van der Waals surface area contributed by atoms with E-state index in [1.165, 1.54) is 0 Å². The molecule has 0 saturated heterocycles. The lowest BCUT2D eigenvalue weighted by atomic mass is 10.3. The van der Waals surface area contributed by atoms with Gasteiger partial charge in [0.2, 0.25) is 5.89 Å². The molecule has 80 valence electrons. The number of alkyl halides is 1. The number of halogens is 1. The van der Waals surface area contributed by atoms with Crippen molar-refractivity contribution in [1.82, 2.24) is 10.1 Å². The van der Waals surface area contributed by atoms with E-state index in [4.69, 9.17) is 20.9 Å². The predicted octanol–water partition coefficient (Wildman–Crippen LogP) is 1.82. The molecule has 0 aliphatic carbocycles. The van der Waals surface area contributed by atoms with Crippen molar-refractivity contribution >= 4 is 11.6 Å². The largest absolute Gasteiger partial charge is 0.381 e. The number of aromatic nitrogens is 2. The molecular weight excluding hydrogens is 204 g/mol. The van der Waals surface area contributed by atoms with Crippen molar-refractivity contribution in [3.63, 3.8) is 0 Å². The lowest BCUT2D eigenvalue weighted by molar-refractivity contribution is 0.116. The number of hydrogen-bond donors (Lipinski definition) is 0. The first-order valence-corrected chi connectivity index (χ1v) is 5.20. The van der Waals surface area contributed by atoms with Crippen molar-refractivity contribution in [2.75, 3.05) is 13.0 Å². The number of nitrogens with zero attached hydrogens (tertiary/aromatic N) is 2. The quantitative estimate of drug-likeness (QED) is 0.684. The predicted molar refractivity (Wildman–Crippen MR) is 53.5 cm³/mol. The van der Waals surface area contributed by atoms with Gasteiger partial charge < -0.3 is 9.26 Å². The van der Waals surface area contributed by atoms with Crippen LogP contribution in [-0.2, 0) is 17.6 Å². The van der Waals surface area contributed by atoms with Gasteiger partial charge in [0.15, 0.2) is 5.82 Å². The fourth-order valence-corrected chi connectivity index (χ4v) is 1.17. The maximum absolute atomic E-state index is 5.56. The van der Waals surface area contributed by atoms with Gasteiger partial charge in [-0.25, -0.2) is 0 Å². The number of ether oxygens (including phenoxy) is 1. The molecular formula is C9H15ClN2O2. The first-order chi connectivity index (χ1) is 6.76. The fourth-order valence-electron chi connectivity index (χ4n) is 1.03. The Kier molecular flexibility index (Phi) is 4.90. The second-order valence-corrected chi connectivity index (χ2v) is 3.53. The summed E-state index contributed by atoms with van der Waals surface area (Å²) in [6.07, 6.45) is 2.41. The molecule has 4 nitrogen and oxygen atoms in total. The van der Waals surface area contributed by atoms with Gasteiger partial charge in [0.1, 0.15) is 0 Å². The van der Waals surface area contributed by atoms with E-state index in [9.17, 15) is 0 Å². The van der Waals surface area contributed by atoms with E-state index >= 15 is 0 Å². The molecule has 0 amide bonds. The molecule has 0 saturated carbocycles. The van der Waals surface area contributed by atoms with Crippen LogP contribution in [0.15, 0.2) is 4.52 Å². The van der Waals surface area contributed by atoms with Crippen LogP contribution in [0.3, 0.4) is 0 Å². The van der Waals surface area contributed by atoms with E-state index in [0.717, 1.165) is 12.8 Å². The van der Waals surface area contributed by atoms with E-state index < -0.39 is 0 Å². The van der Waals surface area contributed by atoms with Crippen molar-refractivity contribution in [2.45, 2.75) is 32.3 Å². The summed E-state index contributed by atoms with van der Waals surface area (Å²) in [6.45, 7) is 1.97. The number of methoxy groups -OCH3 is 1. The molecule has 0 aliphatic heterocycles. The summed E-state index contributed by atoms with van der Waals surface area (Å²) >= 11 is 5.56. The van der Waals surface area contributed by atoms with Crippen LogP contribution in [-0.4, -0.2) is 29.2 Å². The standard InChI is InChI=1S/C9H15ClN2O2/c1-7(13-2)6-8-11-9(14-12-8)4-3-5-10/h7H,3-6H2,1-2H3. The SMILES string of the molecule is COC(C)Cc1noc(CCCCl)n1. The van der Waals surface area contributed by atoms with E-state index in [1.807, 2.05) is 6.92 Å². The second kappa shape index (κ2) is 5.98. The van der Waals surface area contributed by atoms with Gasteiger partial charge in [0.25, 0.3) is 0 Å².